The highest BCUT2D eigenvalue weighted by molar-refractivity contribution is 4.99. The Kier molecular flexibility index (Phi) is 4.48. The third-order valence-electron chi connectivity index (χ3n) is 5.95. The van der Waals surface area contributed by atoms with E-state index in [2.05, 4.69) is 17.1 Å². The zero-order valence-corrected chi connectivity index (χ0v) is 12.8. The fourth-order valence-corrected chi connectivity index (χ4v) is 4.80. The number of hydrogen-bond acceptors (Lipinski definition) is 2. The molecular formula is C17H32N2. The van der Waals surface area contributed by atoms with Gasteiger partial charge in [0.15, 0.2) is 0 Å². The van der Waals surface area contributed by atoms with Crippen molar-refractivity contribution in [3.05, 3.63) is 0 Å². The van der Waals surface area contributed by atoms with Crippen molar-refractivity contribution in [2.75, 3.05) is 19.6 Å². The molecule has 2 aliphatic carbocycles. The summed E-state index contributed by atoms with van der Waals surface area (Å²) in [7, 11) is 0. The lowest BCUT2D eigenvalue weighted by molar-refractivity contribution is -0.0522. The van der Waals surface area contributed by atoms with Gasteiger partial charge in [-0.15, -0.1) is 0 Å². The number of likely N-dealkylation sites (tertiary alicyclic amines) is 1. The Morgan fingerprint density at radius 2 is 1.58 bits per heavy atom. The summed E-state index contributed by atoms with van der Waals surface area (Å²) < 4.78 is 0. The smallest absolute Gasteiger partial charge is 0.00968 e. The minimum atomic E-state index is 0.759. The molecule has 1 saturated heterocycles. The Hall–Kier alpha value is -0.0800. The normalized spacial score (nSPS) is 35.8. The fraction of sp³-hybridized carbons (Fsp3) is 1.00. The third kappa shape index (κ3) is 3.16. The molecule has 2 nitrogen and oxygen atoms in total. The second-order valence-corrected chi connectivity index (χ2v) is 7.38. The Morgan fingerprint density at radius 3 is 2.16 bits per heavy atom. The molecular weight excluding hydrogens is 232 g/mol. The van der Waals surface area contributed by atoms with Gasteiger partial charge in [-0.25, -0.2) is 0 Å². The molecule has 0 aromatic rings. The first-order chi connectivity index (χ1) is 9.31. The zero-order valence-electron chi connectivity index (χ0n) is 12.8. The summed E-state index contributed by atoms with van der Waals surface area (Å²) in [6, 6.07) is 1.73. The second kappa shape index (κ2) is 6.13. The van der Waals surface area contributed by atoms with E-state index in [1.165, 1.54) is 77.3 Å². The maximum atomic E-state index is 3.63. The van der Waals surface area contributed by atoms with Crippen LogP contribution in [0.2, 0.25) is 0 Å². The maximum absolute atomic E-state index is 3.63. The van der Waals surface area contributed by atoms with E-state index in [0.717, 1.165) is 24.0 Å². The van der Waals surface area contributed by atoms with Crippen molar-refractivity contribution in [3.8, 4) is 0 Å². The highest BCUT2D eigenvalue weighted by Gasteiger charge is 2.45. The molecule has 1 heterocycles. The molecule has 3 fully saturated rings. The first-order valence-corrected chi connectivity index (χ1v) is 8.79. The number of nitrogens with one attached hydrogen (secondary N) is 1. The van der Waals surface area contributed by atoms with Gasteiger partial charge in [-0.05, 0) is 50.5 Å². The van der Waals surface area contributed by atoms with Gasteiger partial charge in [0.2, 0.25) is 0 Å². The predicted octanol–water partition coefficient (Wildman–Crippen LogP) is 3.56. The molecule has 3 rings (SSSR count). The van der Waals surface area contributed by atoms with E-state index in [1.54, 1.807) is 0 Å². The summed E-state index contributed by atoms with van der Waals surface area (Å²) >= 11 is 0. The molecule has 19 heavy (non-hydrogen) atoms. The van der Waals surface area contributed by atoms with E-state index in [1.807, 2.05) is 0 Å². The van der Waals surface area contributed by atoms with Crippen LogP contribution >= 0.6 is 0 Å². The van der Waals surface area contributed by atoms with E-state index in [0.29, 0.717) is 0 Å². The van der Waals surface area contributed by atoms with Gasteiger partial charge in [-0.1, -0.05) is 32.6 Å². The molecule has 2 saturated carbocycles. The van der Waals surface area contributed by atoms with Gasteiger partial charge >= 0.3 is 0 Å². The van der Waals surface area contributed by atoms with Crippen molar-refractivity contribution in [2.45, 2.75) is 83.2 Å². The van der Waals surface area contributed by atoms with Crippen molar-refractivity contribution in [2.24, 2.45) is 5.41 Å². The first kappa shape index (κ1) is 13.9. The lowest BCUT2D eigenvalue weighted by Crippen LogP contribution is -2.60. The SMILES string of the molecule is CCNC1CCC(N2CC3(CCCCCC3)C2)CC1. The van der Waals surface area contributed by atoms with Crippen LogP contribution < -0.4 is 5.32 Å². The molecule has 110 valence electrons. The Balaban J connectivity index is 1.43. The van der Waals surface area contributed by atoms with E-state index in [-0.39, 0.29) is 0 Å². The summed E-state index contributed by atoms with van der Waals surface area (Å²) in [5.41, 5.74) is 0.759. The summed E-state index contributed by atoms with van der Waals surface area (Å²) in [4.78, 5) is 2.83. The van der Waals surface area contributed by atoms with Crippen LogP contribution in [0.15, 0.2) is 0 Å². The van der Waals surface area contributed by atoms with Gasteiger partial charge in [0.25, 0.3) is 0 Å². The molecule has 2 heteroatoms. The van der Waals surface area contributed by atoms with Crippen molar-refractivity contribution in [3.63, 3.8) is 0 Å². The van der Waals surface area contributed by atoms with Crippen LogP contribution in [0.1, 0.15) is 71.1 Å². The zero-order chi connectivity index (χ0) is 13.1. The first-order valence-electron chi connectivity index (χ1n) is 8.79. The highest BCUT2D eigenvalue weighted by Crippen LogP contribution is 2.45. The number of nitrogens with zero attached hydrogens (tertiary/aromatic N) is 1. The molecule has 1 N–H and O–H groups in total. The molecule has 0 atom stereocenters. The average Bonchev–Trinajstić information content (AvgIpc) is 2.64. The van der Waals surface area contributed by atoms with E-state index in [9.17, 15) is 0 Å². The lowest BCUT2D eigenvalue weighted by atomic mass is 9.72. The molecule has 1 spiro atoms. The average molecular weight is 264 g/mol. The standard InChI is InChI=1S/C17H32N2/c1-2-18-15-7-9-16(10-8-15)19-13-17(14-19)11-5-3-4-6-12-17/h15-16,18H,2-14H2,1H3. The van der Waals surface area contributed by atoms with Gasteiger partial charge in [0.05, 0.1) is 0 Å². The molecule has 0 radical (unpaired) electrons. The second-order valence-electron chi connectivity index (χ2n) is 7.38. The van der Waals surface area contributed by atoms with Crippen molar-refractivity contribution in [1.82, 2.24) is 10.2 Å². The van der Waals surface area contributed by atoms with Crippen molar-refractivity contribution < 1.29 is 0 Å². The van der Waals surface area contributed by atoms with Crippen LogP contribution in [-0.2, 0) is 0 Å². The lowest BCUT2D eigenvalue weighted by Gasteiger charge is -2.55. The summed E-state index contributed by atoms with van der Waals surface area (Å²) in [5, 5.41) is 3.63. The Labute approximate surface area is 119 Å². The highest BCUT2D eigenvalue weighted by atomic mass is 15.2. The van der Waals surface area contributed by atoms with Gasteiger partial charge in [-0.2, -0.15) is 0 Å². The molecule has 0 aromatic carbocycles. The summed E-state index contributed by atoms with van der Waals surface area (Å²) in [6.45, 7) is 6.24. The molecule has 3 aliphatic rings. The largest absolute Gasteiger partial charge is 0.314 e. The van der Waals surface area contributed by atoms with Crippen molar-refractivity contribution in [1.29, 1.82) is 0 Å². The molecule has 0 unspecified atom stereocenters. The van der Waals surface area contributed by atoms with Gasteiger partial charge in [0.1, 0.15) is 0 Å². The van der Waals surface area contributed by atoms with Crippen molar-refractivity contribution >= 4 is 0 Å². The quantitative estimate of drug-likeness (QED) is 0.838. The van der Waals surface area contributed by atoms with E-state index >= 15 is 0 Å². The van der Waals surface area contributed by atoms with Gasteiger partial charge in [-0.3, -0.25) is 4.90 Å². The molecule has 0 bridgehead atoms. The van der Waals surface area contributed by atoms with Crippen LogP contribution in [0.3, 0.4) is 0 Å². The van der Waals surface area contributed by atoms with Crippen LogP contribution in [0.5, 0.6) is 0 Å². The monoisotopic (exact) mass is 264 g/mol. The minimum Gasteiger partial charge on any atom is -0.314 e. The summed E-state index contributed by atoms with van der Waals surface area (Å²) in [5.74, 6) is 0. The number of hydrogen-bond donors (Lipinski definition) is 1. The minimum absolute atomic E-state index is 0.759. The van der Waals surface area contributed by atoms with E-state index < -0.39 is 0 Å². The van der Waals surface area contributed by atoms with Gasteiger partial charge in [0, 0.05) is 25.2 Å². The van der Waals surface area contributed by atoms with Crippen LogP contribution in [-0.4, -0.2) is 36.6 Å². The van der Waals surface area contributed by atoms with E-state index in [4.69, 9.17) is 0 Å². The topological polar surface area (TPSA) is 15.3 Å². The molecule has 0 aromatic heterocycles. The molecule has 1 aliphatic heterocycles. The summed E-state index contributed by atoms with van der Waals surface area (Å²) in [6.07, 6.45) is 14.7. The Bertz CT molecular complexity index is 265. The van der Waals surface area contributed by atoms with Crippen LogP contribution in [0.25, 0.3) is 0 Å². The van der Waals surface area contributed by atoms with Gasteiger partial charge < -0.3 is 5.32 Å². The third-order valence-corrected chi connectivity index (χ3v) is 5.95. The maximum Gasteiger partial charge on any atom is 0.00968 e. The molecule has 0 amide bonds. The van der Waals surface area contributed by atoms with Crippen LogP contribution in [0, 0.1) is 5.41 Å². The fourth-order valence-electron chi connectivity index (χ4n) is 4.80. The number of rotatable bonds is 3. The predicted molar refractivity (Wildman–Crippen MR) is 81.4 cm³/mol. The van der Waals surface area contributed by atoms with Crippen LogP contribution in [0.4, 0.5) is 0 Å². The Morgan fingerprint density at radius 1 is 0.947 bits per heavy atom.